The third kappa shape index (κ3) is 5.85. The number of fused-ring (bicyclic) bond motifs is 2. The van der Waals surface area contributed by atoms with E-state index >= 15 is 0 Å². The second-order valence-electron chi connectivity index (χ2n) is 8.88. The molecule has 0 unspecified atom stereocenters. The quantitative estimate of drug-likeness (QED) is 0.187. The first kappa shape index (κ1) is 26.5. The largest absolute Gasteiger partial charge is 0.506 e. The van der Waals surface area contributed by atoms with E-state index in [2.05, 4.69) is 17.2 Å². The number of aryl methyl sites for hydroxylation is 1. The van der Waals surface area contributed by atoms with E-state index in [4.69, 9.17) is 23.2 Å². The van der Waals surface area contributed by atoms with Crippen LogP contribution < -0.4 is 10.9 Å². The fourth-order valence-electron chi connectivity index (χ4n) is 4.39. The van der Waals surface area contributed by atoms with E-state index in [1.54, 1.807) is 34.9 Å². The summed E-state index contributed by atoms with van der Waals surface area (Å²) in [6.45, 7) is 2.68. The Kier molecular flexibility index (Phi) is 8.88. The summed E-state index contributed by atoms with van der Waals surface area (Å²) in [7, 11) is 0. The molecular formula is C27H29Cl2N3O3S. The Morgan fingerprint density at radius 3 is 2.50 bits per heavy atom. The van der Waals surface area contributed by atoms with Gasteiger partial charge in [0.25, 0.3) is 11.5 Å². The van der Waals surface area contributed by atoms with Crippen molar-refractivity contribution in [3.63, 3.8) is 0 Å². The molecule has 4 rings (SSSR count). The summed E-state index contributed by atoms with van der Waals surface area (Å²) in [6, 6.07) is 10.4. The molecule has 0 atom stereocenters. The van der Waals surface area contributed by atoms with Crippen molar-refractivity contribution >= 4 is 66.7 Å². The number of rotatable bonds is 11. The summed E-state index contributed by atoms with van der Waals surface area (Å²) in [5, 5.41) is 15.1. The van der Waals surface area contributed by atoms with E-state index in [1.807, 2.05) is 6.07 Å². The summed E-state index contributed by atoms with van der Waals surface area (Å²) >= 11 is 13.5. The van der Waals surface area contributed by atoms with Crippen molar-refractivity contribution in [2.24, 2.45) is 0 Å². The number of pyridine rings is 1. The number of benzene rings is 2. The smallest absolute Gasteiger partial charge is 0.267 e. The third-order valence-corrected chi connectivity index (χ3v) is 7.67. The number of halogens is 2. The second-order valence-corrected chi connectivity index (χ2v) is 10.8. The van der Waals surface area contributed by atoms with E-state index in [1.165, 1.54) is 43.4 Å². The highest BCUT2D eigenvalue weighted by atomic mass is 35.5. The summed E-state index contributed by atoms with van der Waals surface area (Å²) in [5.74, 6) is -1.04. The molecule has 0 bridgehead atoms. The van der Waals surface area contributed by atoms with Crippen LogP contribution in [0.15, 0.2) is 41.2 Å². The van der Waals surface area contributed by atoms with Crippen LogP contribution >= 0.6 is 34.5 Å². The van der Waals surface area contributed by atoms with Gasteiger partial charge >= 0.3 is 0 Å². The molecule has 9 heteroatoms. The Hall–Kier alpha value is -2.61. The van der Waals surface area contributed by atoms with Gasteiger partial charge in [0, 0.05) is 17.0 Å². The van der Waals surface area contributed by atoms with Crippen molar-refractivity contribution in [2.45, 2.75) is 64.8 Å². The van der Waals surface area contributed by atoms with Gasteiger partial charge < -0.3 is 9.67 Å². The van der Waals surface area contributed by atoms with E-state index in [-0.39, 0.29) is 16.4 Å². The number of nitrogens with zero attached hydrogens (tertiary/aromatic N) is 2. The van der Waals surface area contributed by atoms with Gasteiger partial charge in [-0.15, -0.1) is 0 Å². The van der Waals surface area contributed by atoms with Crippen LogP contribution in [-0.4, -0.2) is 20.6 Å². The van der Waals surface area contributed by atoms with Gasteiger partial charge in [0.2, 0.25) is 0 Å². The first-order valence-corrected chi connectivity index (χ1v) is 13.9. The lowest BCUT2D eigenvalue weighted by Crippen LogP contribution is -2.30. The van der Waals surface area contributed by atoms with Crippen LogP contribution in [0.25, 0.3) is 21.1 Å². The number of thiazole rings is 1. The lowest BCUT2D eigenvalue weighted by Gasteiger charge is -2.14. The summed E-state index contributed by atoms with van der Waals surface area (Å²) < 4.78 is 2.30. The number of aromatic hydroxyl groups is 1. The summed E-state index contributed by atoms with van der Waals surface area (Å²) in [4.78, 5) is 31.0. The van der Waals surface area contributed by atoms with Gasteiger partial charge in [0.15, 0.2) is 5.13 Å². The fourth-order valence-corrected chi connectivity index (χ4v) is 5.97. The number of aromatic nitrogens is 2. The zero-order valence-electron chi connectivity index (χ0n) is 20.2. The number of hydrogen-bond acceptors (Lipinski definition) is 5. The second kappa shape index (κ2) is 12.1. The lowest BCUT2D eigenvalue weighted by molar-refractivity contribution is 0.102. The topological polar surface area (TPSA) is 84.2 Å². The summed E-state index contributed by atoms with van der Waals surface area (Å²) in [6.07, 6.45) is 9.15. The normalized spacial score (nSPS) is 11.4. The standard InChI is InChI=1S/C27H29Cl2N3O3S/c1-2-3-4-5-6-7-8-11-14-32-20-13-10-9-12-18(20)24(33)22(26(32)35)25(34)31-27-30-23-19(29)15-17(28)16-21(23)36-27/h9-10,12-13,15-16,33H,2-8,11,14H2,1H3,(H,30,31,34). The number of anilines is 1. The molecule has 1 amide bonds. The van der Waals surface area contributed by atoms with Gasteiger partial charge in [-0.3, -0.25) is 14.9 Å². The molecule has 2 heterocycles. The molecule has 0 fully saturated rings. The monoisotopic (exact) mass is 545 g/mol. The van der Waals surface area contributed by atoms with E-state index in [9.17, 15) is 14.7 Å². The predicted octanol–water partition coefficient (Wildman–Crippen LogP) is 8.02. The molecule has 2 N–H and O–H groups in total. The first-order chi connectivity index (χ1) is 17.4. The van der Waals surface area contributed by atoms with Gasteiger partial charge in [0.1, 0.15) is 16.8 Å². The van der Waals surface area contributed by atoms with Gasteiger partial charge in [-0.2, -0.15) is 0 Å². The van der Waals surface area contributed by atoms with Crippen molar-refractivity contribution in [3.8, 4) is 5.75 Å². The number of nitrogens with one attached hydrogen (secondary N) is 1. The highest BCUT2D eigenvalue weighted by Crippen LogP contribution is 2.34. The Bertz CT molecular complexity index is 1450. The number of unbranched alkanes of at least 4 members (excludes halogenated alkanes) is 7. The molecule has 0 aliphatic rings. The number of carbonyl (C=O) groups excluding carboxylic acids is 1. The highest BCUT2D eigenvalue weighted by molar-refractivity contribution is 7.22. The maximum atomic E-state index is 13.4. The molecule has 0 radical (unpaired) electrons. The van der Waals surface area contributed by atoms with E-state index < -0.39 is 11.5 Å². The first-order valence-electron chi connectivity index (χ1n) is 12.3. The minimum Gasteiger partial charge on any atom is -0.506 e. The zero-order valence-corrected chi connectivity index (χ0v) is 22.5. The third-order valence-electron chi connectivity index (χ3n) is 6.24. The molecule has 4 aromatic rings. The Labute approximate surface area is 223 Å². The molecule has 190 valence electrons. The predicted molar refractivity (Wildman–Crippen MR) is 150 cm³/mol. The maximum absolute atomic E-state index is 13.4. The number of amides is 1. The Morgan fingerprint density at radius 2 is 1.75 bits per heavy atom. The molecular weight excluding hydrogens is 517 g/mol. The van der Waals surface area contributed by atoms with Crippen molar-refractivity contribution in [1.82, 2.24) is 9.55 Å². The van der Waals surface area contributed by atoms with Crippen molar-refractivity contribution in [1.29, 1.82) is 0 Å². The maximum Gasteiger partial charge on any atom is 0.267 e. The fraction of sp³-hybridized carbons (Fsp3) is 0.370. The molecule has 2 aromatic carbocycles. The number of para-hydroxylation sites is 1. The van der Waals surface area contributed by atoms with E-state index in [0.717, 1.165) is 19.3 Å². The van der Waals surface area contributed by atoms with Crippen LogP contribution in [0.3, 0.4) is 0 Å². The molecule has 0 saturated carbocycles. The van der Waals surface area contributed by atoms with E-state index in [0.29, 0.717) is 37.7 Å². The Balaban J connectivity index is 1.57. The van der Waals surface area contributed by atoms with Crippen LogP contribution in [0.5, 0.6) is 5.75 Å². The van der Waals surface area contributed by atoms with Crippen molar-refractivity contribution < 1.29 is 9.90 Å². The molecule has 36 heavy (non-hydrogen) atoms. The lowest BCUT2D eigenvalue weighted by atomic mass is 10.1. The van der Waals surface area contributed by atoms with Crippen molar-refractivity contribution in [3.05, 3.63) is 62.4 Å². The van der Waals surface area contributed by atoms with Gasteiger partial charge in [0.05, 0.1) is 15.2 Å². The van der Waals surface area contributed by atoms with Crippen LogP contribution in [0, 0.1) is 0 Å². The SMILES string of the molecule is CCCCCCCCCCn1c(=O)c(C(=O)Nc2nc3c(Cl)cc(Cl)cc3s2)c(O)c2ccccc21. The van der Waals surface area contributed by atoms with Crippen LogP contribution in [-0.2, 0) is 6.54 Å². The molecule has 0 spiro atoms. The average molecular weight is 547 g/mol. The molecule has 0 aliphatic heterocycles. The number of carbonyl (C=O) groups is 1. The van der Waals surface area contributed by atoms with Crippen LogP contribution in [0.2, 0.25) is 10.0 Å². The summed E-state index contributed by atoms with van der Waals surface area (Å²) in [5.41, 5.74) is 0.308. The van der Waals surface area contributed by atoms with Crippen LogP contribution in [0.4, 0.5) is 5.13 Å². The molecule has 2 aromatic heterocycles. The highest BCUT2D eigenvalue weighted by Gasteiger charge is 2.23. The van der Waals surface area contributed by atoms with Gasteiger partial charge in [-0.1, -0.05) is 98.5 Å². The average Bonchev–Trinajstić information content (AvgIpc) is 3.25. The minimum absolute atomic E-state index is 0.265. The molecule has 0 aliphatic carbocycles. The van der Waals surface area contributed by atoms with Gasteiger partial charge in [-0.25, -0.2) is 4.98 Å². The molecule has 6 nitrogen and oxygen atoms in total. The van der Waals surface area contributed by atoms with Crippen molar-refractivity contribution in [2.75, 3.05) is 5.32 Å². The van der Waals surface area contributed by atoms with Crippen LogP contribution in [0.1, 0.15) is 68.6 Å². The Morgan fingerprint density at radius 1 is 1.06 bits per heavy atom. The van der Waals surface area contributed by atoms with Gasteiger partial charge in [-0.05, 0) is 30.7 Å². The molecule has 0 saturated heterocycles. The zero-order chi connectivity index (χ0) is 25.7. The number of hydrogen-bond donors (Lipinski definition) is 2. The minimum atomic E-state index is -0.714.